The Morgan fingerprint density at radius 3 is 2.34 bits per heavy atom. The third-order valence-electron chi connectivity index (χ3n) is 4.45. The van der Waals surface area contributed by atoms with Crippen molar-refractivity contribution in [3.05, 3.63) is 66.7 Å². The quantitative estimate of drug-likeness (QED) is 0.208. The van der Waals surface area contributed by atoms with Gasteiger partial charge in [0.15, 0.2) is 0 Å². The van der Waals surface area contributed by atoms with Crippen molar-refractivity contribution in [2.75, 3.05) is 39.6 Å². The van der Waals surface area contributed by atoms with Gasteiger partial charge in [-0.1, -0.05) is 48.5 Å². The van der Waals surface area contributed by atoms with Crippen LogP contribution >= 0.6 is 0 Å². The summed E-state index contributed by atoms with van der Waals surface area (Å²) in [6.07, 6.45) is 1.13. The summed E-state index contributed by atoms with van der Waals surface area (Å²) in [5.41, 5.74) is 1.20. The molecule has 0 saturated carbocycles. The van der Waals surface area contributed by atoms with E-state index in [1.165, 1.54) is 5.56 Å². The van der Waals surface area contributed by atoms with Gasteiger partial charge >= 0.3 is 5.97 Å². The summed E-state index contributed by atoms with van der Waals surface area (Å²) in [4.78, 5) is 10.9. The highest BCUT2D eigenvalue weighted by molar-refractivity contribution is 6.05. The summed E-state index contributed by atoms with van der Waals surface area (Å²) in [6.45, 7) is 7.76. The summed E-state index contributed by atoms with van der Waals surface area (Å²) in [7, 11) is 0. The average Bonchev–Trinajstić information content (AvgIpc) is 2.74. The third kappa shape index (κ3) is 5.79. The maximum atomic E-state index is 10.9. The van der Waals surface area contributed by atoms with Crippen LogP contribution in [0.25, 0.3) is 21.5 Å². The lowest BCUT2D eigenvalue weighted by Gasteiger charge is -2.14. The zero-order valence-electron chi connectivity index (χ0n) is 16.7. The van der Waals surface area contributed by atoms with Crippen molar-refractivity contribution < 1.29 is 23.7 Å². The molecular weight excluding hydrogens is 368 g/mol. The molecule has 5 nitrogen and oxygen atoms in total. The van der Waals surface area contributed by atoms with E-state index in [0.29, 0.717) is 33.0 Å². The lowest BCUT2D eigenvalue weighted by molar-refractivity contribution is -0.139. The third-order valence-corrected chi connectivity index (χ3v) is 4.45. The molecule has 0 saturated heterocycles. The van der Waals surface area contributed by atoms with Gasteiger partial charge in [-0.05, 0) is 29.8 Å². The van der Waals surface area contributed by atoms with Crippen molar-refractivity contribution >= 4 is 27.5 Å². The van der Waals surface area contributed by atoms with Gasteiger partial charge in [0.05, 0.1) is 26.4 Å². The van der Waals surface area contributed by atoms with Crippen molar-refractivity contribution in [3.8, 4) is 5.75 Å². The fraction of sp³-hybridized carbons (Fsp3) is 0.292. The molecule has 152 valence electrons. The predicted molar refractivity (Wildman–Crippen MR) is 114 cm³/mol. The van der Waals surface area contributed by atoms with Gasteiger partial charge in [0, 0.05) is 16.8 Å². The SMILES string of the molecule is C=CC(=O)OCCOCCOCCOc1c2ccccc2cc2ccc(C)cc12. The molecule has 0 N–H and O–H groups in total. The minimum atomic E-state index is -0.446. The Kier molecular flexibility index (Phi) is 7.61. The van der Waals surface area contributed by atoms with Crippen LogP contribution in [0.2, 0.25) is 0 Å². The van der Waals surface area contributed by atoms with E-state index >= 15 is 0 Å². The van der Waals surface area contributed by atoms with Gasteiger partial charge < -0.3 is 18.9 Å². The van der Waals surface area contributed by atoms with E-state index in [1.54, 1.807) is 0 Å². The lowest BCUT2D eigenvalue weighted by atomic mass is 10.0. The van der Waals surface area contributed by atoms with Crippen molar-refractivity contribution in [2.45, 2.75) is 6.92 Å². The topological polar surface area (TPSA) is 54.0 Å². The summed E-state index contributed by atoms with van der Waals surface area (Å²) < 4.78 is 21.9. The highest BCUT2D eigenvalue weighted by Crippen LogP contribution is 2.35. The molecular formula is C24H26O5. The van der Waals surface area contributed by atoms with Crippen molar-refractivity contribution in [3.63, 3.8) is 0 Å². The molecule has 0 heterocycles. The molecule has 5 heteroatoms. The second kappa shape index (κ2) is 10.6. The summed E-state index contributed by atoms with van der Waals surface area (Å²) >= 11 is 0. The van der Waals surface area contributed by atoms with E-state index in [0.717, 1.165) is 33.4 Å². The van der Waals surface area contributed by atoms with E-state index < -0.39 is 5.97 Å². The van der Waals surface area contributed by atoms with Crippen LogP contribution < -0.4 is 4.74 Å². The fourth-order valence-corrected chi connectivity index (χ4v) is 3.08. The maximum Gasteiger partial charge on any atom is 0.330 e. The molecule has 0 radical (unpaired) electrons. The number of carbonyl (C=O) groups excluding carboxylic acids is 1. The number of aryl methyl sites for hydroxylation is 1. The molecule has 0 aliphatic heterocycles. The Morgan fingerprint density at radius 1 is 0.862 bits per heavy atom. The Balaban J connectivity index is 1.48. The van der Waals surface area contributed by atoms with Crippen molar-refractivity contribution in [1.82, 2.24) is 0 Å². The van der Waals surface area contributed by atoms with Gasteiger partial charge in [-0.2, -0.15) is 0 Å². The highest BCUT2D eigenvalue weighted by Gasteiger charge is 2.09. The van der Waals surface area contributed by atoms with Crippen molar-refractivity contribution in [2.24, 2.45) is 0 Å². The summed E-state index contributed by atoms with van der Waals surface area (Å²) in [5.74, 6) is 0.448. The number of carbonyl (C=O) groups is 1. The van der Waals surface area contributed by atoms with Crippen LogP contribution in [0.4, 0.5) is 0 Å². The molecule has 3 aromatic rings. The predicted octanol–water partition coefficient (Wildman–Crippen LogP) is 4.44. The fourth-order valence-electron chi connectivity index (χ4n) is 3.08. The Labute approximate surface area is 170 Å². The summed E-state index contributed by atoms with van der Waals surface area (Å²) in [5, 5.41) is 4.53. The Morgan fingerprint density at radius 2 is 1.55 bits per heavy atom. The molecule has 3 aromatic carbocycles. The first-order chi connectivity index (χ1) is 14.2. The molecule has 0 aliphatic rings. The number of hydrogen-bond donors (Lipinski definition) is 0. The zero-order chi connectivity index (χ0) is 20.5. The molecule has 29 heavy (non-hydrogen) atoms. The second-order valence-electron chi connectivity index (χ2n) is 6.60. The molecule has 0 fully saturated rings. The van der Waals surface area contributed by atoms with E-state index in [1.807, 2.05) is 12.1 Å². The Bertz CT molecular complexity index is 980. The standard InChI is InChI=1S/C24H26O5/c1-3-23(25)28-14-12-26-10-11-27-13-15-29-24-21-7-5-4-6-19(21)17-20-9-8-18(2)16-22(20)24/h3-9,16-17H,1,10-15H2,2H3. The van der Waals surface area contributed by atoms with Crippen LogP contribution in [-0.4, -0.2) is 45.6 Å². The largest absolute Gasteiger partial charge is 0.490 e. The second-order valence-corrected chi connectivity index (χ2v) is 6.60. The maximum absolute atomic E-state index is 10.9. The van der Waals surface area contributed by atoms with Gasteiger partial charge in [0.2, 0.25) is 0 Å². The van der Waals surface area contributed by atoms with E-state index in [2.05, 4.69) is 49.9 Å². The van der Waals surface area contributed by atoms with Crippen LogP contribution in [0.3, 0.4) is 0 Å². The lowest BCUT2D eigenvalue weighted by Crippen LogP contribution is -2.13. The smallest absolute Gasteiger partial charge is 0.330 e. The van der Waals surface area contributed by atoms with Gasteiger partial charge in [-0.25, -0.2) is 4.79 Å². The number of benzene rings is 3. The first-order valence-corrected chi connectivity index (χ1v) is 9.68. The molecule has 0 aromatic heterocycles. The number of ether oxygens (including phenoxy) is 4. The van der Waals surface area contributed by atoms with Crippen LogP contribution in [0.1, 0.15) is 5.56 Å². The first-order valence-electron chi connectivity index (χ1n) is 9.68. The van der Waals surface area contributed by atoms with Gasteiger partial charge in [-0.3, -0.25) is 0 Å². The van der Waals surface area contributed by atoms with E-state index in [4.69, 9.17) is 18.9 Å². The average molecular weight is 394 g/mol. The minimum Gasteiger partial charge on any atom is -0.490 e. The van der Waals surface area contributed by atoms with Crippen LogP contribution in [0.5, 0.6) is 5.75 Å². The monoisotopic (exact) mass is 394 g/mol. The number of rotatable bonds is 11. The number of fused-ring (bicyclic) bond motifs is 2. The molecule has 0 spiro atoms. The van der Waals surface area contributed by atoms with Crippen LogP contribution in [0, 0.1) is 6.92 Å². The van der Waals surface area contributed by atoms with Gasteiger partial charge in [0.25, 0.3) is 0 Å². The van der Waals surface area contributed by atoms with Gasteiger partial charge in [0.1, 0.15) is 19.0 Å². The highest BCUT2D eigenvalue weighted by atomic mass is 16.6. The molecule has 0 unspecified atom stereocenters. The summed E-state index contributed by atoms with van der Waals surface area (Å²) in [6, 6.07) is 16.8. The minimum absolute atomic E-state index is 0.210. The Hall–Kier alpha value is -2.89. The van der Waals surface area contributed by atoms with E-state index in [9.17, 15) is 4.79 Å². The van der Waals surface area contributed by atoms with E-state index in [-0.39, 0.29) is 6.61 Å². The molecule has 0 aliphatic carbocycles. The van der Waals surface area contributed by atoms with Crippen LogP contribution in [-0.2, 0) is 19.0 Å². The zero-order valence-corrected chi connectivity index (χ0v) is 16.7. The van der Waals surface area contributed by atoms with Crippen LogP contribution in [0.15, 0.2) is 61.2 Å². The molecule has 0 atom stereocenters. The molecule has 0 amide bonds. The van der Waals surface area contributed by atoms with Crippen molar-refractivity contribution in [1.29, 1.82) is 0 Å². The number of hydrogen-bond acceptors (Lipinski definition) is 5. The molecule has 3 rings (SSSR count). The normalized spacial score (nSPS) is 10.9. The first kappa shape index (κ1) is 20.8. The van der Waals surface area contributed by atoms with Gasteiger partial charge in [-0.15, -0.1) is 0 Å². The molecule has 0 bridgehead atoms. The number of esters is 1.